The van der Waals surface area contributed by atoms with Crippen molar-refractivity contribution in [2.24, 2.45) is 4.99 Å². The zero-order valence-electron chi connectivity index (χ0n) is 29.4. The van der Waals surface area contributed by atoms with Gasteiger partial charge in [-0.25, -0.2) is 0 Å². The van der Waals surface area contributed by atoms with Gasteiger partial charge in [0.25, 0.3) is 0 Å². The molecule has 0 spiro atoms. The maximum absolute atomic E-state index is 6.55. The van der Waals surface area contributed by atoms with Gasteiger partial charge in [-0.05, 0) is 82.4 Å². The quantitative estimate of drug-likeness (QED) is 0.166. The second-order valence-corrected chi connectivity index (χ2v) is 15.3. The monoisotopic (exact) mass is 723 g/mol. The van der Waals surface area contributed by atoms with Crippen LogP contribution in [0.1, 0.15) is 11.1 Å². The first-order valence-corrected chi connectivity index (χ1v) is 19.3. The predicted molar refractivity (Wildman–Crippen MR) is 230 cm³/mol. The first kappa shape index (κ1) is 30.5. The van der Waals surface area contributed by atoms with E-state index in [2.05, 4.69) is 127 Å². The number of nitrogens with zero attached hydrogens (tertiary/aromatic N) is 1. The third-order valence-electron chi connectivity index (χ3n) is 11.0. The Morgan fingerprint density at radius 2 is 1.02 bits per heavy atom. The van der Waals surface area contributed by atoms with Crippen molar-refractivity contribution in [3.8, 4) is 22.3 Å². The maximum atomic E-state index is 6.55. The van der Waals surface area contributed by atoms with E-state index in [1.165, 1.54) is 25.7 Å². The van der Waals surface area contributed by atoms with Crippen LogP contribution >= 0.6 is 11.3 Å². The summed E-state index contributed by atoms with van der Waals surface area (Å²) < 4.78 is 21.7. The lowest BCUT2D eigenvalue weighted by Gasteiger charge is -2.08. The molecule has 8 aromatic carbocycles. The summed E-state index contributed by atoms with van der Waals surface area (Å²) >= 11 is 1.84. The second-order valence-electron chi connectivity index (χ2n) is 14.2. The maximum Gasteiger partial charge on any atom is 0.136 e. The van der Waals surface area contributed by atoms with Gasteiger partial charge in [0, 0.05) is 64.3 Å². The van der Waals surface area contributed by atoms with Crippen LogP contribution in [0.2, 0.25) is 0 Å². The summed E-state index contributed by atoms with van der Waals surface area (Å²) in [5.41, 5.74) is 11.9. The third kappa shape index (κ3) is 4.73. The summed E-state index contributed by atoms with van der Waals surface area (Å²) in [6.45, 7) is 0.540. The molecule has 0 saturated carbocycles. The Morgan fingerprint density at radius 3 is 1.87 bits per heavy atom. The van der Waals surface area contributed by atoms with E-state index < -0.39 is 0 Å². The van der Waals surface area contributed by atoms with Gasteiger partial charge in [-0.3, -0.25) is 4.99 Å². The fourth-order valence-corrected chi connectivity index (χ4v) is 9.63. The molecule has 0 atom stereocenters. The summed E-state index contributed by atoms with van der Waals surface area (Å²) in [4.78, 5) is 4.91. The highest BCUT2D eigenvalue weighted by Gasteiger charge is 2.19. The number of rotatable bonds is 5. The SMILES string of the molecule is C(=NCc1ccc2c(c1)oc1ccccc12)c1cccc2oc3ccc(-c4cccc5oc6cccc(-c7ccc8c(c7)sc7ccccc78)c6c45)cc3c12. The average molecular weight is 724 g/mol. The Morgan fingerprint density at radius 1 is 0.418 bits per heavy atom. The van der Waals surface area contributed by atoms with Crippen LogP contribution in [0.25, 0.3) is 108 Å². The molecule has 4 aromatic heterocycles. The molecular formula is C50H29NO3S. The van der Waals surface area contributed by atoms with Gasteiger partial charge in [0.1, 0.15) is 33.5 Å². The van der Waals surface area contributed by atoms with Gasteiger partial charge < -0.3 is 13.3 Å². The van der Waals surface area contributed by atoms with Crippen LogP contribution in [0.15, 0.2) is 176 Å². The molecule has 12 aromatic rings. The van der Waals surface area contributed by atoms with Gasteiger partial charge >= 0.3 is 0 Å². The highest BCUT2D eigenvalue weighted by Crippen LogP contribution is 2.44. The Labute approximate surface area is 318 Å². The van der Waals surface area contributed by atoms with Crippen LogP contribution in [0.5, 0.6) is 0 Å². The van der Waals surface area contributed by atoms with Crippen LogP contribution in [0.3, 0.4) is 0 Å². The number of thiophene rings is 1. The molecule has 12 rings (SSSR count). The molecule has 0 aliphatic rings. The van der Waals surface area contributed by atoms with Crippen LogP contribution in [-0.2, 0) is 6.54 Å². The molecule has 4 heterocycles. The van der Waals surface area contributed by atoms with Crippen molar-refractivity contribution in [3.05, 3.63) is 169 Å². The smallest absolute Gasteiger partial charge is 0.136 e. The topological polar surface area (TPSA) is 51.8 Å². The summed E-state index contributed by atoms with van der Waals surface area (Å²) in [5.74, 6) is 0. The number of para-hydroxylation sites is 1. The van der Waals surface area contributed by atoms with E-state index in [-0.39, 0.29) is 0 Å². The fraction of sp³-hybridized carbons (Fsp3) is 0.0200. The number of hydrogen-bond acceptors (Lipinski definition) is 5. The predicted octanol–water partition coefficient (Wildman–Crippen LogP) is 14.7. The fourth-order valence-electron chi connectivity index (χ4n) is 8.49. The molecular weight excluding hydrogens is 695 g/mol. The van der Waals surface area contributed by atoms with E-state index in [1.807, 2.05) is 47.9 Å². The van der Waals surface area contributed by atoms with Crippen molar-refractivity contribution in [2.75, 3.05) is 0 Å². The zero-order chi connectivity index (χ0) is 36.0. The lowest BCUT2D eigenvalue weighted by atomic mass is 9.93. The van der Waals surface area contributed by atoms with E-state index in [9.17, 15) is 0 Å². The first-order valence-electron chi connectivity index (χ1n) is 18.5. The molecule has 0 fully saturated rings. The van der Waals surface area contributed by atoms with Crippen molar-refractivity contribution in [3.63, 3.8) is 0 Å². The standard InChI is InChI=1S/C50H29NO3S/c1-3-13-40-35(9-1)36-21-18-29(24-45(36)53-40)27-51-28-32-8-5-14-42-48(32)39-25-30(20-23-41(39)52-42)33-11-6-15-43-49(33)50-34(12-7-16-44(50)54-43)31-19-22-38-37-10-2-4-17-46(37)55-47(38)26-31/h1-26,28H,27H2. The number of furan rings is 3. The van der Waals surface area contributed by atoms with E-state index in [0.717, 1.165) is 93.6 Å². The van der Waals surface area contributed by atoms with Gasteiger partial charge in [-0.1, -0.05) is 103 Å². The lowest BCUT2D eigenvalue weighted by molar-refractivity contribution is 0.668. The minimum atomic E-state index is 0.540. The van der Waals surface area contributed by atoms with Crippen molar-refractivity contribution in [1.29, 1.82) is 0 Å². The Balaban J connectivity index is 0.961. The zero-order valence-corrected chi connectivity index (χ0v) is 30.2. The molecule has 0 radical (unpaired) electrons. The number of aliphatic imine (C=N–C) groups is 1. The summed E-state index contributed by atoms with van der Waals surface area (Å²) in [6, 6.07) is 55.5. The normalized spacial score (nSPS) is 12.4. The van der Waals surface area contributed by atoms with Crippen molar-refractivity contribution in [2.45, 2.75) is 6.54 Å². The van der Waals surface area contributed by atoms with E-state index >= 15 is 0 Å². The van der Waals surface area contributed by atoms with Gasteiger partial charge in [0.15, 0.2) is 0 Å². The summed E-state index contributed by atoms with van der Waals surface area (Å²) in [5, 5.41) is 9.20. The largest absolute Gasteiger partial charge is 0.456 e. The van der Waals surface area contributed by atoms with Gasteiger partial charge in [0.05, 0.1) is 6.54 Å². The number of hydrogen-bond donors (Lipinski definition) is 0. The van der Waals surface area contributed by atoms with Crippen LogP contribution in [0.4, 0.5) is 0 Å². The number of benzene rings is 8. The second kappa shape index (κ2) is 11.8. The molecule has 0 aliphatic carbocycles. The van der Waals surface area contributed by atoms with E-state index in [0.29, 0.717) is 6.54 Å². The minimum absolute atomic E-state index is 0.540. The Kier molecular flexibility index (Phi) is 6.53. The Hall–Kier alpha value is -6.95. The highest BCUT2D eigenvalue weighted by molar-refractivity contribution is 7.25. The van der Waals surface area contributed by atoms with Crippen molar-refractivity contribution < 1.29 is 13.3 Å². The van der Waals surface area contributed by atoms with Crippen LogP contribution in [0, 0.1) is 0 Å². The molecule has 0 bridgehead atoms. The highest BCUT2D eigenvalue weighted by atomic mass is 32.1. The Bertz CT molecular complexity index is 3540. The molecule has 258 valence electrons. The van der Waals surface area contributed by atoms with Crippen molar-refractivity contribution >= 4 is 104 Å². The van der Waals surface area contributed by atoms with Gasteiger partial charge in [0.2, 0.25) is 0 Å². The molecule has 5 heteroatoms. The van der Waals surface area contributed by atoms with Crippen molar-refractivity contribution in [1.82, 2.24) is 0 Å². The van der Waals surface area contributed by atoms with Crippen LogP contribution < -0.4 is 0 Å². The van der Waals surface area contributed by atoms with Crippen LogP contribution in [-0.4, -0.2) is 6.21 Å². The number of fused-ring (bicyclic) bond motifs is 12. The summed E-state index contributed by atoms with van der Waals surface area (Å²) in [6.07, 6.45) is 1.97. The molecule has 4 nitrogen and oxygen atoms in total. The molecule has 0 saturated heterocycles. The first-order chi connectivity index (χ1) is 27.2. The van der Waals surface area contributed by atoms with Gasteiger partial charge in [-0.15, -0.1) is 11.3 Å². The molecule has 0 unspecified atom stereocenters. The van der Waals surface area contributed by atoms with E-state index in [1.54, 1.807) is 0 Å². The molecule has 0 aliphatic heterocycles. The average Bonchev–Trinajstić information content (AvgIpc) is 4.00. The molecule has 55 heavy (non-hydrogen) atoms. The lowest BCUT2D eigenvalue weighted by Crippen LogP contribution is -1.86. The van der Waals surface area contributed by atoms with E-state index in [4.69, 9.17) is 18.2 Å². The summed E-state index contributed by atoms with van der Waals surface area (Å²) in [7, 11) is 0. The van der Waals surface area contributed by atoms with Gasteiger partial charge in [-0.2, -0.15) is 0 Å². The third-order valence-corrected chi connectivity index (χ3v) is 12.1. The molecule has 0 amide bonds. The minimum Gasteiger partial charge on any atom is -0.456 e. The molecule has 0 N–H and O–H groups in total.